The number of carbonyl (C=O) groups is 1. The molecule has 0 spiro atoms. The van der Waals surface area contributed by atoms with Gasteiger partial charge in [0.25, 0.3) is 5.91 Å². The first kappa shape index (κ1) is 27.6. The summed E-state index contributed by atoms with van der Waals surface area (Å²) >= 11 is 0. The molecule has 2 rings (SSSR count). The summed E-state index contributed by atoms with van der Waals surface area (Å²) in [7, 11) is 0. The molecule has 186 valence electrons. The fourth-order valence-electron chi connectivity index (χ4n) is 3.78. The summed E-state index contributed by atoms with van der Waals surface area (Å²) in [6, 6.07) is 15.5. The van der Waals surface area contributed by atoms with Crippen LogP contribution in [0.2, 0.25) is 0 Å². The number of unbranched alkanes of at least 4 members (excludes halogenated alkanes) is 9. The second-order valence-corrected chi connectivity index (χ2v) is 10.1. The number of hydrazone groups is 1. The average Bonchev–Trinajstić information content (AvgIpc) is 2.83. The number of hydrogen-bond acceptors (Lipinski definition) is 3. The van der Waals surface area contributed by atoms with Crippen LogP contribution in [0.4, 0.5) is 0 Å². The lowest BCUT2D eigenvalue weighted by atomic mass is 9.87. The highest BCUT2D eigenvalue weighted by Gasteiger charge is 2.14. The number of amides is 1. The van der Waals surface area contributed by atoms with Crippen molar-refractivity contribution in [3.8, 4) is 5.75 Å². The standard InChI is InChI=1S/C30H44N2O2/c1-5-6-7-8-9-10-11-12-13-14-23-34-28-21-15-25(16-22-28)24-31-32-29(33)26-17-19-27(20-18-26)30(2,3)4/h15-22,24H,5-14,23H2,1-4H3,(H,32,33)/b31-24+. The van der Waals surface area contributed by atoms with E-state index in [4.69, 9.17) is 4.74 Å². The van der Waals surface area contributed by atoms with E-state index in [1.54, 1.807) is 6.21 Å². The van der Waals surface area contributed by atoms with Gasteiger partial charge in [0, 0.05) is 5.56 Å². The number of nitrogens with zero attached hydrogens (tertiary/aromatic N) is 1. The monoisotopic (exact) mass is 464 g/mol. The molecular weight excluding hydrogens is 420 g/mol. The zero-order valence-corrected chi connectivity index (χ0v) is 21.7. The van der Waals surface area contributed by atoms with Gasteiger partial charge < -0.3 is 4.74 Å². The van der Waals surface area contributed by atoms with Gasteiger partial charge in [0.15, 0.2) is 0 Å². The van der Waals surface area contributed by atoms with E-state index in [0.29, 0.717) is 5.56 Å². The maximum Gasteiger partial charge on any atom is 0.271 e. The summed E-state index contributed by atoms with van der Waals surface area (Å²) in [5.74, 6) is 0.657. The van der Waals surface area contributed by atoms with Gasteiger partial charge in [-0.15, -0.1) is 0 Å². The molecule has 0 aliphatic carbocycles. The van der Waals surface area contributed by atoms with Crippen molar-refractivity contribution in [2.45, 2.75) is 97.3 Å². The fourth-order valence-corrected chi connectivity index (χ4v) is 3.78. The maximum absolute atomic E-state index is 12.3. The smallest absolute Gasteiger partial charge is 0.271 e. The van der Waals surface area contributed by atoms with E-state index >= 15 is 0 Å². The van der Waals surface area contributed by atoms with Crippen molar-refractivity contribution in [2.24, 2.45) is 5.10 Å². The molecule has 0 atom stereocenters. The highest BCUT2D eigenvalue weighted by Crippen LogP contribution is 2.22. The summed E-state index contributed by atoms with van der Waals surface area (Å²) in [5.41, 5.74) is 5.37. The Morgan fingerprint density at radius 3 is 1.94 bits per heavy atom. The zero-order chi connectivity index (χ0) is 24.7. The minimum absolute atomic E-state index is 0.0657. The molecule has 0 fully saturated rings. The van der Waals surface area contributed by atoms with Crippen molar-refractivity contribution in [1.29, 1.82) is 0 Å². The minimum Gasteiger partial charge on any atom is -0.494 e. The van der Waals surface area contributed by atoms with E-state index in [2.05, 4.69) is 38.2 Å². The van der Waals surface area contributed by atoms with Crippen LogP contribution in [0.15, 0.2) is 53.6 Å². The minimum atomic E-state index is -0.215. The van der Waals surface area contributed by atoms with Crippen molar-refractivity contribution >= 4 is 12.1 Å². The first-order valence-corrected chi connectivity index (χ1v) is 13.1. The van der Waals surface area contributed by atoms with Crippen LogP contribution in [0.3, 0.4) is 0 Å². The predicted molar refractivity (Wildman–Crippen MR) is 144 cm³/mol. The van der Waals surface area contributed by atoms with Gasteiger partial charge in [-0.2, -0.15) is 5.10 Å². The second-order valence-electron chi connectivity index (χ2n) is 10.1. The predicted octanol–water partition coefficient (Wildman–Crippen LogP) is 8.05. The fraction of sp³-hybridized carbons (Fsp3) is 0.533. The summed E-state index contributed by atoms with van der Waals surface area (Å²) < 4.78 is 5.85. The van der Waals surface area contributed by atoms with Crippen LogP contribution in [0.5, 0.6) is 5.75 Å². The lowest BCUT2D eigenvalue weighted by Crippen LogP contribution is -2.18. The van der Waals surface area contributed by atoms with Crippen LogP contribution in [-0.4, -0.2) is 18.7 Å². The molecule has 0 bridgehead atoms. The Labute approximate surface area is 207 Å². The van der Waals surface area contributed by atoms with Gasteiger partial charge in [-0.3, -0.25) is 4.79 Å². The molecule has 0 aromatic heterocycles. The second kappa shape index (κ2) is 15.3. The molecule has 0 aliphatic rings. The highest BCUT2D eigenvalue weighted by atomic mass is 16.5. The Kier molecular flexibility index (Phi) is 12.4. The average molecular weight is 465 g/mol. The Bertz CT molecular complexity index is 849. The van der Waals surface area contributed by atoms with Crippen LogP contribution in [0.1, 0.15) is 113 Å². The molecule has 0 aliphatic heterocycles. The van der Waals surface area contributed by atoms with Crippen LogP contribution < -0.4 is 10.2 Å². The van der Waals surface area contributed by atoms with Crippen molar-refractivity contribution in [3.05, 3.63) is 65.2 Å². The molecule has 0 heterocycles. The molecule has 0 radical (unpaired) electrons. The van der Waals surface area contributed by atoms with E-state index in [1.165, 1.54) is 63.4 Å². The molecular formula is C30H44N2O2. The lowest BCUT2D eigenvalue weighted by Gasteiger charge is -2.18. The Balaban J connectivity index is 1.61. The van der Waals surface area contributed by atoms with Gasteiger partial charge in [0.05, 0.1) is 12.8 Å². The number of nitrogens with one attached hydrogen (secondary N) is 1. The van der Waals surface area contributed by atoms with E-state index in [9.17, 15) is 4.79 Å². The van der Waals surface area contributed by atoms with Crippen molar-refractivity contribution in [3.63, 3.8) is 0 Å². The molecule has 0 saturated heterocycles. The first-order chi connectivity index (χ1) is 16.4. The van der Waals surface area contributed by atoms with Crippen molar-refractivity contribution in [2.75, 3.05) is 6.61 Å². The summed E-state index contributed by atoms with van der Waals surface area (Å²) in [6.07, 6.45) is 14.9. The van der Waals surface area contributed by atoms with Crippen LogP contribution >= 0.6 is 0 Å². The summed E-state index contributed by atoms with van der Waals surface area (Å²) in [6.45, 7) is 9.48. The molecule has 1 amide bonds. The SMILES string of the molecule is CCCCCCCCCCCCOc1ccc(/C=N/NC(=O)c2ccc(C(C)(C)C)cc2)cc1. The number of carbonyl (C=O) groups excluding carboxylic acids is 1. The first-order valence-electron chi connectivity index (χ1n) is 13.1. The zero-order valence-electron chi connectivity index (χ0n) is 21.7. The maximum atomic E-state index is 12.3. The Morgan fingerprint density at radius 1 is 0.824 bits per heavy atom. The molecule has 34 heavy (non-hydrogen) atoms. The van der Waals surface area contributed by atoms with Crippen LogP contribution in [0, 0.1) is 0 Å². The summed E-state index contributed by atoms with van der Waals surface area (Å²) in [4.78, 5) is 12.3. The van der Waals surface area contributed by atoms with Crippen LogP contribution in [0.25, 0.3) is 0 Å². The normalized spacial score (nSPS) is 11.6. The van der Waals surface area contributed by atoms with E-state index in [1.807, 2.05) is 48.5 Å². The van der Waals surface area contributed by atoms with Gasteiger partial charge in [0.2, 0.25) is 0 Å². The van der Waals surface area contributed by atoms with Crippen molar-refractivity contribution < 1.29 is 9.53 Å². The van der Waals surface area contributed by atoms with Gasteiger partial charge in [-0.1, -0.05) is 97.6 Å². The molecule has 2 aromatic carbocycles. The highest BCUT2D eigenvalue weighted by molar-refractivity contribution is 5.94. The molecule has 4 heteroatoms. The number of ether oxygens (including phenoxy) is 1. The van der Waals surface area contributed by atoms with Crippen molar-refractivity contribution in [1.82, 2.24) is 5.43 Å². The lowest BCUT2D eigenvalue weighted by molar-refractivity contribution is 0.0955. The molecule has 0 saturated carbocycles. The van der Waals surface area contributed by atoms with Gasteiger partial charge in [-0.05, 0) is 59.4 Å². The molecule has 2 aromatic rings. The number of benzene rings is 2. The molecule has 4 nitrogen and oxygen atoms in total. The van der Waals surface area contributed by atoms with E-state index in [0.717, 1.165) is 24.3 Å². The third-order valence-electron chi connectivity index (χ3n) is 6.04. The summed E-state index contributed by atoms with van der Waals surface area (Å²) in [5, 5.41) is 4.09. The Hall–Kier alpha value is -2.62. The largest absolute Gasteiger partial charge is 0.494 e. The molecule has 0 unspecified atom stereocenters. The van der Waals surface area contributed by atoms with E-state index < -0.39 is 0 Å². The Morgan fingerprint density at radius 2 is 1.38 bits per heavy atom. The topological polar surface area (TPSA) is 50.7 Å². The quantitative estimate of drug-likeness (QED) is 0.165. The van der Waals surface area contributed by atoms with Gasteiger partial charge in [0.1, 0.15) is 5.75 Å². The van der Waals surface area contributed by atoms with Crippen LogP contribution in [-0.2, 0) is 5.41 Å². The van der Waals surface area contributed by atoms with E-state index in [-0.39, 0.29) is 11.3 Å². The molecule has 1 N–H and O–H groups in total. The van der Waals surface area contributed by atoms with Gasteiger partial charge in [-0.25, -0.2) is 5.43 Å². The van der Waals surface area contributed by atoms with Gasteiger partial charge >= 0.3 is 0 Å². The number of hydrogen-bond donors (Lipinski definition) is 1. The number of rotatable bonds is 15. The third-order valence-corrected chi connectivity index (χ3v) is 6.04. The third kappa shape index (κ3) is 11.0.